The van der Waals surface area contributed by atoms with Crippen LogP contribution in [0.25, 0.3) is 0 Å². The Morgan fingerprint density at radius 3 is 1.20 bits per heavy atom. The SMILES string of the molecule is COc1cc(C(F)(F)CCCCCCO[N+](=O)OCCCCCCC(F)(F)c2cc(OC)c([C@H]3C=C(CO)[C@H]4C[C@H]3C4(C)C)c(OC)c2)cc(OC)c1[C@H]1C=C(CO)[C@H]2C[C@H]1C2(C)C. The molecule has 0 heterocycles. The third kappa shape index (κ3) is 9.88. The molecule has 6 aliphatic rings. The van der Waals surface area contributed by atoms with Gasteiger partial charge in [-0.25, -0.2) is 17.6 Å². The summed E-state index contributed by atoms with van der Waals surface area (Å²) in [7, 11) is 5.90. The van der Waals surface area contributed by atoms with Gasteiger partial charge < -0.3 is 29.2 Å². The molecule has 356 valence electrons. The van der Waals surface area contributed by atoms with Gasteiger partial charge in [0, 0.05) is 46.9 Å². The molecule has 0 amide bonds. The van der Waals surface area contributed by atoms with Crippen LogP contribution in [0, 0.1) is 39.4 Å². The molecule has 0 spiro atoms. The predicted octanol–water partition coefficient (Wildman–Crippen LogP) is 11.5. The van der Waals surface area contributed by atoms with Crippen molar-refractivity contribution in [2.24, 2.45) is 34.5 Å². The number of aliphatic hydroxyl groups is 2. The van der Waals surface area contributed by atoms with E-state index < -0.39 is 11.8 Å². The zero-order valence-electron chi connectivity index (χ0n) is 39.0. The molecular weight excluding hydrogens is 835 g/mol. The van der Waals surface area contributed by atoms with E-state index >= 15 is 17.6 Å². The van der Waals surface area contributed by atoms with Gasteiger partial charge in [0.2, 0.25) is 0 Å². The molecule has 2 aromatic carbocycles. The molecule has 0 saturated heterocycles. The van der Waals surface area contributed by atoms with Crippen LogP contribution >= 0.6 is 0 Å². The minimum atomic E-state index is -3.12. The number of alkyl halides is 4. The summed E-state index contributed by atoms with van der Waals surface area (Å²) in [5.74, 6) is -3.91. The Morgan fingerprint density at radius 1 is 0.578 bits per heavy atom. The quantitative estimate of drug-likeness (QED) is 0.0412. The van der Waals surface area contributed by atoms with Crippen molar-refractivity contribution < 1.29 is 61.5 Å². The van der Waals surface area contributed by atoms with Crippen LogP contribution in [0.3, 0.4) is 0 Å². The lowest BCUT2D eigenvalue weighted by molar-refractivity contribution is -0.981. The molecule has 14 heteroatoms. The maximum absolute atomic E-state index is 15.6. The van der Waals surface area contributed by atoms with Gasteiger partial charge in [-0.05, 0) is 121 Å². The molecule has 0 radical (unpaired) electrons. The molecule has 2 saturated carbocycles. The Bertz CT molecular complexity index is 1830. The van der Waals surface area contributed by atoms with Gasteiger partial charge in [-0.3, -0.25) is 0 Å². The number of allylic oxidation sites excluding steroid dienone is 2. The lowest BCUT2D eigenvalue weighted by Crippen LogP contribution is -2.51. The number of fused-ring (bicyclic) bond motifs is 2. The Balaban J connectivity index is 0.870. The fourth-order valence-corrected chi connectivity index (χ4v) is 11.4. The summed E-state index contributed by atoms with van der Waals surface area (Å²) in [6.07, 6.45) is 8.86. The monoisotopic (exact) mass is 904 g/mol. The maximum Gasteiger partial charge on any atom is 0.477 e. The fraction of sp³-hybridized carbons (Fsp3) is 0.680. The van der Waals surface area contributed by atoms with Gasteiger partial charge >= 0.3 is 5.09 Å². The third-order valence-electron chi connectivity index (χ3n) is 15.4. The molecule has 0 aromatic heterocycles. The highest BCUT2D eigenvalue weighted by atomic mass is 19.3. The second-order valence-electron chi connectivity index (χ2n) is 19.5. The lowest BCUT2D eigenvalue weighted by atomic mass is 9.45. The molecule has 2 aromatic rings. The van der Waals surface area contributed by atoms with Gasteiger partial charge in [-0.1, -0.05) is 52.7 Å². The molecule has 6 aliphatic carbocycles. The third-order valence-corrected chi connectivity index (χ3v) is 15.4. The van der Waals surface area contributed by atoms with Crippen molar-refractivity contribution in [2.45, 2.75) is 128 Å². The smallest absolute Gasteiger partial charge is 0.477 e. The Hall–Kier alpha value is -4.04. The number of ether oxygens (including phenoxy) is 4. The summed E-state index contributed by atoms with van der Waals surface area (Å²) in [4.78, 5) is 22.2. The first-order chi connectivity index (χ1) is 30.4. The summed E-state index contributed by atoms with van der Waals surface area (Å²) >= 11 is 0. The first kappa shape index (κ1) is 49.4. The van der Waals surface area contributed by atoms with Crippen LogP contribution in [0.1, 0.15) is 139 Å². The number of hydrogen-bond acceptors (Lipinski definition) is 9. The summed E-state index contributed by atoms with van der Waals surface area (Å²) < 4.78 is 85.0. The number of halogens is 4. The van der Waals surface area contributed by atoms with Crippen LogP contribution in [0.4, 0.5) is 17.6 Å². The molecule has 0 aliphatic heterocycles. The Morgan fingerprint density at radius 2 is 0.906 bits per heavy atom. The van der Waals surface area contributed by atoms with E-state index in [9.17, 15) is 15.1 Å². The van der Waals surface area contributed by atoms with Crippen LogP contribution in [-0.2, 0) is 21.5 Å². The standard InChI is InChI=1S/C50H70F4NO9/c1-47(2)37-27-39(47)35(21-31(37)29-56)45-41(59-5)23-33(24-42(45)60-6)49(51,52)17-13-9-11-15-19-63-55(58)64-20-16-12-10-14-18-50(53,54)34-25-43(61-7)46(44(26-34)62-8)36-22-32(30-57)38-28-40(36)48(38,3)4/h21-26,35-40,56-57H,9-20,27-30H2,1-8H3/q+1/t35-,36-,37+,38+,39+,40+/m0/s1. The van der Waals surface area contributed by atoms with Gasteiger partial charge in [-0.2, -0.15) is 9.68 Å². The van der Waals surface area contributed by atoms with E-state index in [1.165, 1.54) is 52.7 Å². The van der Waals surface area contributed by atoms with Gasteiger partial charge in [-0.15, -0.1) is 0 Å². The van der Waals surface area contributed by atoms with Gasteiger partial charge in [0.15, 0.2) is 13.2 Å². The van der Waals surface area contributed by atoms with Crippen LogP contribution in [0.5, 0.6) is 23.0 Å². The maximum atomic E-state index is 15.6. The zero-order chi connectivity index (χ0) is 46.6. The van der Waals surface area contributed by atoms with Crippen molar-refractivity contribution in [3.05, 3.63) is 74.7 Å². The van der Waals surface area contributed by atoms with Crippen molar-refractivity contribution in [2.75, 3.05) is 54.9 Å². The minimum absolute atomic E-state index is 0.0323. The molecule has 2 fully saturated rings. The van der Waals surface area contributed by atoms with E-state index in [0.717, 1.165) is 35.1 Å². The summed E-state index contributed by atoms with van der Waals surface area (Å²) in [5, 5.41) is 20.1. The molecule has 64 heavy (non-hydrogen) atoms. The largest absolute Gasteiger partial charge is 0.496 e. The van der Waals surface area contributed by atoms with Crippen LogP contribution < -0.4 is 18.9 Å². The average molecular weight is 905 g/mol. The number of unbranched alkanes of at least 4 members (excludes halogenated alkanes) is 6. The number of benzene rings is 2. The van der Waals surface area contributed by atoms with Crippen molar-refractivity contribution in [3.8, 4) is 23.0 Å². The summed E-state index contributed by atoms with van der Waals surface area (Å²) in [6.45, 7) is 8.80. The van der Waals surface area contributed by atoms with E-state index in [4.69, 9.17) is 28.6 Å². The summed E-state index contributed by atoms with van der Waals surface area (Å²) in [5.41, 5.74) is 3.00. The lowest BCUT2D eigenvalue weighted by Gasteiger charge is -2.59. The number of nitrogens with zero attached hydrogens (tertiary/aromatic N) is 1. The number of rotatable bonds is 26. The predicted molar refractivity (Wildman–Crippen MR) is 235 cm³/mol. The number of aliphatic hydroxyl groups excluding tert-OH is 2. The molecule has 0 unspecified atom stereocenters. The van der Waals surface area contributed by atoms with Crippen molar-refractivity contribution in [1.82, 2.24) is 0 Å². The van der Waals surface area contributed by atoms with Gasteiger partial charge in [0.1, 0.15) is 27.9 Å². The van der Waals surface area contributed by atoms with Gasteiger partial charge in [0.25, 0.3) is 11.8 Å². The van der Waals surface area contributed by atoms with Crippen LogP contribution in [0.2, 0.25) is 0 Å². The Labute approximate surface area is 376 Å². The van der Waals surface area contributed by atoms with E-state index in [1.807, 2.05) is 0 Å². The van der Waals surface area contributed by atoms with Gasteiger partial charge in [0.05, 0.1) is 41.7 Å². The van der Waals surface area contributed by atoms with Crippen molar-refractivity contribution in [1.29, 1.82) is 0 Å². The van der Waals surface area contributed by atoms with E-state index in [1.54, 1.807) is 0 Å². The average Bonchev–Trinajstić information content (AvgIpc) is 3.28. The normalized spacial score (nSPS) is 24.1. The molecule has 4 bridgehead atoms. The topological polar surface area (TPSA) is 116 Å². The first-order valence-corrected chi connectivity index (χ1v) is 23.0. The first-order valence-electron chi connectivity index (χ1n) is 23.0. The fourth-order valence-electron chi connectivity index (χ4n) is 11.4. The number of methoxy groups -OCH3 is 4. The van der Waals surface area contributed by atoms with E-state index in [2.05, 4.69) is 39.8 Å². The summed E-state index contributed by atoms with van der Waals surface area (Å²) in [6, 6.07) is 5.67. The highest BCUT2D eigenvalue weighted by Gasteiger charge is 2.57. The van der Waals surface area contributed by atoms with Crippen molar-refractivity contribution in [3.63, 3.8) is 0 Å². The van der Waals surface area contributed by atoms with E-state index in [0.29, 0.717) is 73.4 Å². The second kappa shape index (κ2) is 20.2. The van der Waals surface area contributed by atoms with Crippen molar-refractivity contribution >= 4 is 0 Å². The number of hydrogen-bond donors (Lipinski definition) is 2. The molecule has 6 atom stereocenters. The zero-order valence-corrected chi connectivity index (χ0v) is 39.0. The molecular formula is C50H70F4NO9+. The molecule has 10 nitrogen and oxygen atoms in total. The Kier molecular flexibility index (Phi) is 15.6. The highest BCUT2D eigenvalue weighted by molar-refractivity contribution is 5.56. The molecule has 2 N–H and O–H groups in total. The van der Waals surface area contributed by atoms with Crippen LogP contribution in [-0.4, -0.2) is 70.2 Å². The molecule has 8 rings (SSSR count). The minimum Gasteiger partial charge on any atom is -0.496 e. The highest BCUT2D eigenvalue weighted by Crippen LogP contribution is 2.66. The van der Waals surface area contributed by atoms with E-state index in [-0.39, 0.29) is 103 Å². The van der Waals surface area contributed by atoms with Crippen LogP contribution in [0.15, 0.2) is 47.6 Å². The second-order valence-corrected chi connectivity index (χ2v) is 19.5.